The molecule has 0 bridgehead atoms. The summed E-state index contributed by atoms with van der Waals surface area (Å²) in [7, 11) is 0. The maximum atomic E-state index is 14.4. The van der Waals surface area contributed by atoms with Gasteiger partial charge in [-0.25, -0.2) is 4.39 Å². The van der Waals surface area contributed by atoms with Crippen LogP contribution in [0.2, 0.25) is 0 Å². The minimum atomic E-state index is -0.156. The zero-order valence-electron chi connectivity index (χ0n) is 13.2. The third-order valence-electron chi connectivity index (χ3n) is 5.96. The molecular formula is C19H28FN. The molecule has 0 radical (unpaired) electrons. The Morgan fingerprint density at radius 3 is 2.19 bits per heavy atom. The van der Waals surface area contributed by atoms with Gasteiger partial charge in [0.05, 0.1) is 5.69 Å². The zero-order valence-corrected chi connectivity index (χ0v) is 13.2. The van der Waals surface area contributed by atoms with Crippen molar-refractivity contribution >= 4 is 5.69 Å². The topological polar surface area (TPSA) is 26.0 Å². The molecule has 116 valence electrons. The van der Waals surface area contributed by atoms with E-state index in [9.17, 15) is 4.39 Å². The molecule has 1 aromatic carbocycles. The summed E-state index contributed by atoms with van der Waals surface area (Å²) in [5.41, 5.74) is 7.92. The lowest BCUT2D eigenvalue weighted by atomic mass is 9.70. The molecule has 2 fully saturated rings. The molecule has 2 aliphatic rings. The lowest BCUT2D eigenvalue weighted by molar-refractivity contribution is 0.185. The first kappa shape index (κ1) is 14.9. The Hall–Kier alpha value is -1.05. The van der Waals surface area contributed by atoms with Gasteiger partial charge in [0.2, 0.25) is 0 Å². The fraction of sp³-hybridized carbons (Fsp3) is 0.684. The number of halogens is 1. The second-order valence-electron chi connectivity index (χ2n) is 7.21. The van der Waals surface area contributed by atoms with Crippen LogP contribution >= 0.6 is 0 Å². The van der Waals surface area contributed by atoms with Gasteiger partial charge in [-0.2, -0.15) is 0 Å². The standard InChI is InChI=1S/C19H28FN/c1-13-7-12-17(18(20)19(13)21)16-10-8-15(9-11-16)14-5-3-2-4-6-14/h7,12,14-16H,2-6,8-11,21H2,1H3. The maximum absolute atomic E-state index is 14.4. The van der Waals surface area contributed by atoms with Crippen molar-refractivity contribution in [2.75, 3.05) is 5.73 Å². The molecule has 2 N–H and O–H groups in total. The highest BCUT2D eigenvalue weighted by Crippen LogP contribution is 2.43. The lowest BCUT2D eigenvalue weighted by Crippen LogP contribution is -2.23. The van der Waals surface area contributed by atoms with E-state index >= 15 is 0 Å². The fourth-order valence-electron chi connectivity index (χ4n) is 4.53. The van der Waals surface area contributed by atoms with Crippen LogP contribution in [0.25, 0.3) is 0 Å². The molecule has 0 heterocycles. The number of anilines is 1. The summed E-state index contributed by atoms with van der Waals surface area (Å²) in [6, 6.07) is 3.94. The number of hydrogen-bond donors (Lipinski definition) is 1. The second-order valence-corrected chi connectivity index (χ2v) is 7.21. The molecule has 2 aliphatic carbocycles. The number of aryl methyl sites for hydroxylation is 1. The summed E-state index contributed by atoms with van der Waals surface area (Å²) < 4.78 is 14.4. The molecule has 2 heteroatoms. The predicted octanol–water partition coefficient (Wildman–Crippen LogP) is 5.57. The zero-order chi connectivity index (χ0) is 14.8. The van der Waals surface area contributed by atoms with Crippen LogP contribution in [0.5, 0.6) is 0 Å². The van der Waals surface area contributed by atoms with Crippen molar-refractivity contribution < 1.29 is 4.39 Å². The van der Waals surface area contributed by atoms with Crippen LogP contribution in [-0.2, 0) is 0 Å². The molecule has 21 heavy (non-hydrogen) atoms. The molecule has 0 amide bonds. The van der Waals surface area contributed by atoms with E-state index in [1.807, 2.05) is 19.1 Å². The van der Waals surface area contributed by atoms with Crippen LogP contribution < -0.4 is 5.73 Å². The van der Waals surface area contributed by atoms with Gasteiger partial charge >= 0.3 is 0 Å². The van der Waals surface area contributed by atoms with Crippen LogP contribution in [0, 0.1) is 24.6 Å². The summed E-state index contributed by atoms with van der Waals surface area (Å²) in [4.78, 5) is 0. The van der Waals surface area contributed by atoms with E-state index in [1.54, 1.807) is 0 Å². The Kier molecular flexibility index (Phi) is 4.51. The number of benzene rings is 1. The van der Waals surface area contributed by atoms with Gasteiger partial charge in [0.1, 0.15) is 5.82 Å². The van der Waals surface area contributed by atoms with Crippen molar-refractivity contribution in [1.29, 1.82) is 0 Å². The Morgan fingerprint density at radius 1 is 0.905 bits per heavy atom. The summed E-state index contributed by atoms with van der Waals surface area (Å²) in [5.74, 6) is 2.07. The Bertz CT molecular complexity index is 483. The van der Waals surface area contributed by atoms with Gasteiger partial charge in [0, 0.05) is 0 Å². The second kappa shape index (κ2) is 6.37. The van der Waals surface area contributed by atoms with Crippen LogP contribution in [-0.4, -0.2) is 0 Å². The van der Waals surface area contributed by atoms with Gasteiger partial charge < -0.3 is 5.73 Å². The Morgan fingerprint density at radius 2 is 1.52 bits per heavy atom. The van der Waals surface area contributed by atoms with Crippen LogP contribution in [0.3, 0.4) is 0 Å². The van der Waals surface area contributed by atoms with Gasteiger partial charge in [-0.3, -0.25) is 0 Å². The van der Waals surface area contributed by atoms with E-state index in [4.69, 9.17) is 5.73 Å². The van der Waals surface area contributed by atoms with Crippen molar-refractivity contribution in [2.45, 2.75) is 70.6 Å². The maximum Gasteiger partial charge on any atom is 0.149 e. The molecule has 1 nitrogen and oxygen atoms in total. The van der Waals surface area contributed by atoms with Crippen molar-refractivity contribution in [3.8, 4) is 0 Å². The summed E-state index contributed by atoms with van der Waals surface area (Å²) in [6.07, 6.45) is 12.0. The first-order chi connectivity index (χ1) is 10.2. The SMILES string of the molecule is Cc1ccc(C2CCC(C3CCCCC3)CC2)c(F)c1N. The summed E-state index contributed by atoms with van der Waals surface area (Å²) in [6.45, 7) is 1.88. The third-order valence-corrected chi connectivity index (χ3v) is 5.96. The quantitative estimate of drug-likeness (QED) is 0.708. The van der Waals surface area contributed by atoms with E-state index in [-0.39, 0.29) is 5.82 Å². The normalized spacial score (nSPS) is 27.7. The largest absolute Gasteiger partial charge is 0.396 e. The van der Waals surface area contributed by atoms with Gasteiger partial charge in [-0.15, -0.1) is 0 Å². The molecular weight excluding hydrogens is 261 g/mol. The van der Waals surface area contributed by atoms with E-state index in [2.05, 4.69) is 0 Å². The fourth-order valence-corrected chi connectivity index (χ4v) is 4.53. The van der Waals surface area contributed by atoms with Crippen molar-refractivity contribution in [3.63, 3.8) is 0 Å². The van der Waals surface area contributed by atoms with Crippen LogP contribution in [0.15, 0.2) is 12.1 Å². The van der Waals surface area contributed by atoms with E-state index < -0.39 is 0 Å². The first-order valence-electron chi connectivity index (χ1n) is 8.71. The minimum absolute atomic E-state index is 0.156. The molecule has 0 spiro atoms. The van der Waals surface area contributed by atoms with E-state index in [0.717, 1.165) is 35.8 Å². The van der Waals surface area contributed by atoms with Gasteiger partial charge in [0.25, 0.3) is 0 Å². The van der Waals surface area contributed by atoms with Gasteiger partial charge in [-0.05, 0) is 61.5 Å². The summed E-state index contributed by atoms with van der Waals surface area (Å²) in [5, 5.41) is 0. The average molecular weight is 289 g/mol. The highest BCUT2D eigenvalue weighted by atomic mass is 19.1. The average Bonchev–Trinajstić information content (AvgIpc) is 2.54. The number of nitrogen functional groups attached to an aromatic ring is 1. The summed E-state index contributed by atoms with van der Waals surface area (Å²) >= 11 is 0. The predicted molar refractivity (Wildman–Crippen MR) is 86.8 cm³/mol. The molecule has 0 aliphatic heterocycles. The van der Waals surface area contributed by atoms with Crippen LogP contribution in [0.1, 0.15) is 74.8 Å². The molecule has 0 unspecified atom stereocenters. The number of rotatable bonds is 2. The lowest BCUT2D eigenvalue weighted by Gasteiger charge is -2.36. The van der Waals surface area contributed by atoms with Crippen molar-refractivity contribution in [3.05, 3.63) is 29.1 Å². The monoisotopic (exact) mass is 289 g/mol. The molecule has 2 saturated carbocycles. The number of hydrogen-bond acceptors (Lipinski definition) is 1. The highest BCUT2D eigenvalue weighted by Gasteiger charge is 2.30. The minimum Gasteiger partial charge on any atom is -0.396 e. The van der Waals surface area contributed by atoms with Crippen LogP contribution in [0.4, 0.5) is 10.1 Å². The van der Waals surface area contributed by atoms with E-state index in [0.29, 0.717) is 11.6 Å². The molecule has 3 rings (SSSR count). The first-order valence-corrected chi connectivity index (χ1v) is 8.71. The molecule has 0 aromatic heterocycles. The van der Waals surface area contributed by atoms with Gasteiger partial charge in [0.15, 0.2) is 0 Å². The third kappa shape index (κ3) is 3.09. The molecule has 1 aromatic rings. The van der Waals surface area contributed by atoms with Gasteiger partial charge in [-0.1, -0.05) is 44.2 Å². The Labute approximate surface area is 128 Å². The number of nitrogens with two attached hydrogens (primary N) is 1. The van der Waals surface area contributed by atoms with Crippen molar-refractivity contribution in [1.82, 2.24) is 0 Å². The highest BCUT2D eigenvalue weighted by molar-refractivity contribution is 5.51. The smallest absolute Gasteiger partial charge is 0.149 e. The molecule has 0 saturated heterocycles. The molecule has 0 atom stereocenters. The van der Waals surface area contributed by atoms with E-state index in [1.165, 1.54) is 44.9 Å². The van der Waals surface area contributed by atoms with Crippen molar-refractivity contribution in [2.24, 2.45) is 11.8 Å². The Balaban J connectivity index is 1.64.